The van der Waals surface area contributed by atoms with Gasteiger partial charge in [0.15, 0.2) is 0 Å². The molecule has 1 heterocycles. The average Bonchev–Trinajstić information content (AvgIpc) is 2.46. The highest BCUT2D eigenvalue weighted by molar-refractivity contribution is 6.49. The van der Waals surface area contributed by atoms with E-state index in [4.69, 9.17) is 14.8 Å². The van der Waals surface area contributed by atoms with Gasteiger partial charge < -0.3 is 14.8 Å². The Morgan fingerprint density at radius 3 is 2.75 bits per heavy atom. The molecule has 1 aliphatic carbocycles. The van der Waals surface area contributed by atoms with Crippen molar-refractivity contribution in [3.05, 3.63) is 11.7 Å². The molecule has 2 rings (SSSR count). The van der Waals surface area contributed by atoms with Gasteiger partial charge >= 0.3 is 7.12 Å². The van der Waals surface area contributed by atoms with Crippen LogP contribution in [0.25, 0.3) is 0 Å². The predicted molar refractivity (Wildman–Crippen MR) is 45.1 cm³/mol. The third-order valence-corrected chi connectivity index (χ3v) is 2.67. The smallest absolute Gasteiger partial charge is 0.498 e. The van der Waals surface area contributed by atoms with E-state index < -0.39 is 7.12 Å². The summed E-state index contributed by atoms with van der Waals surface area (Å²) in [6, 6.07) is 0. The number of rotatable bonds is 1. The quantitative estimate of drug-likeness (QED) is 0.559. The Morgan fingerprint density at radius 1 is 1.33 bits per heavy atom. The van der Waals surface area contributed by atoms with E-state index in [9.17, 15) is 0 Å². The fourth-order valence-electron chi connectivity index (χ4n) is 2.03. The van der Waals surface area contributed by atoms with Gasteiger partial charge in [-0.15, -0.1) is 0 Å². The largest absolute Gasteiger partial charge is 0.525 e. The van der Waals surface area contributed by atoms with E-state index in [2.05, 4.69) is 0 Å². The van der Waals surface area contributed by atoms with E-state index in [0.717, 1.165) is 12.8 Å². The Bertz CT molecular complexity index is 202. The minimum absolute atomic E-state index is 0.218. The monoisotopic (exact) mass is 168 g/mol. The van der Waals surface area contributed by atoms with Gasteiger partial charge in [0.05, 0.1) is 0 Å². The summed E-state index contributed by atoms with van der Waals surface area (Å²) in [6.45, 7) is 0. The highest BCUT2D eigenvalue weighted by atomic mass is 16.5. The SMILES string of the molecule is OB(O)C1=CC2CCCCC2O1. The highest BCUT2D eigenvalue weighted by Gasteiger charge is 2.35. The van der Waals surface area contributed by atoms with Crippen LogP contribution in [-0.2, 0) is 4.74 Å². The lowest BCUT2D eigenvalue weighted by Gasteiger charge is -2.23. The van der Waals surface area contributed by atoms with Gasteiger partial charge in [-0.05, 0) is 25.3 Å². The summed E-state index contributed by atoms with van der Waals surface area (Å²) in [4.78, 5) is 0. The molecule has 0 aromatic heterocycles. The van der Waals surface area contributed by atoms with E-state index in [1.165, 1.54) is 12.8 Å². The molecule has 2 unspecified atom stereocenters. The van der Waals surface area contributed by atoms with E-state index in [-0.39, 0.29) is 6.10 Å². The first-order valence-corrected chi connectivity index (χ1v) is 4.52. The van der Waals surface area contributed by atoms with Crippen molar-refractivity contribution in [3.63, 3.8) is 0 Å². The number of hydrogen-bond acceptors (Lipinski definition) is 3. The molecular formula is C8H13BO3. The average molecular weight is 168 g/mol. The lowest BCUT2D eigenvalue weighted by Crippen LogP contribution is -2.22. The molecule has 0 spiro atoms. The molecule has 0 radical (unpaired) electrons. The Balaban J connectivity index is 2.04. The maximum absolute atomic E-state index is 8.86. The Hall–Kier alpha value is -0.475. The van der Waals surface area contributed by atoms with Crippen LogP contribution in [0.1, 0.15) is 25.7 Å². The fourth-order valence-corrected chi connectivity index (χ4v) is 2.03. The van der Waals surface area contributed by atoms with Gasteiger partial charge in [0.2, 0.25) is 0 Å². The van der Waals surface area contributed by atoms with Crippen molar-refractivity contribution in [1.29, 1.82) is 0 Å². The molecule has 0 saturated heterocycles. The maximum Gasteiger partial charge on any atom is 0.525 e. The molecule has 0 amide bonds. The second-order valence-electron chi connectivity index (χ2n) is 3.55. The normalized spacial score (nSPS) is 33.7. The van der Waals surface area contributed by atoms with Gasteiger partial charge in [-0.3, -0.25) is 0 Å². The zero-order valence-electron chi connectivity index (χ0n) is 6.94. The molecule has 3 nitrogen and oxygen atoms in total. The van der Waals surface area contributed by atoms with E-state index in [0.29, 0.717) is 11.6 Å². The Kier molecular flexibility index (Phi) is 2.11. The van der Waals surface area contributed by atoms with Crippen LogP contribution in [0.15, 0.2) is 11.7 Å². The van der Waals surface area contributed by atoms with Crippen LogP contribution in [0.2, 0.25) is 0 Å². The molecule has 4 heteroatoms. The number of hydrogen-bond donors (Lipinski definition) is 2. The van der Waals surface area contributed by atoms with E-state index in [1.54, 1.807) is 0 Å². The molecule has 1 aliphatic heterocycles. The molecule has 0 aromatic carbocycles. The molecule has 0 aromatic rings. The van der Waals surface area contributed by atoms with E-state index >= 15 is 0 Å². The van der Waals surface area contributed by atoms with Gasteiger partial charge in [0.1, 0.15) is 11.8 Å². The van der Waals surface area contributed by atoms with Crippen LogP contribution < -0.4 is 0 Å². The van der Waals surface area contributed by atoms with Crippen molar-refractivity contribution in [2.45, 2.75) is 31.8 Å². The van der Waals surface area contributed by atoms with Crippen molar-refractivity contribution < 1.29 is 14.8 Å². The third kappa shape index (κ3) is 1.36. The zero-order valence-corrected chi connectivity index (χ0v) is 6.94. The summed E-state index contributed by atoms with van der Waals surface area (Å²) in [5.41, 5.74) is 0.354. The Labute approximate surface area is 72.2 Å². The van der Waals surface area contributed by atoms with Gasteiger partial charge in [-0.1, -0.05) is 6.42 Å². The van der Waals surface area contributed by atoms with E-state index in [1.807, 2.05) is 6.08 Å². The molecule has 1 fully saturated rings. The molecule has 2 aliphatic rings. The zero-order chi connectivity index (χ0) is 8.55. The second kappa shape index (κ2) is 3.11. The third-order valence-electron chi connectivity index (χ3n) is 2.67. The van der Waals surface area contributed by atoms with Crippen LogP contribution in [0.5, 0.6) is 0 Å². The van der Waals surface area contributed by atoms with Crippen LogP contribution >= 0.6 is 0 Å². The molecule has 1 saturated carbocycles. The van der Waals surface area contributed by atoms with Crippen LogP contribution in [-0.4, -0.2) is 23.3 Å². The highest BCUT2D eigenvalue weighted by Crippen LogP contribution is 2.35. The van der Waals surface area contributed by atoms with Crippen LogP contribution in [0, 0.1) is 5.92 Å². The van der Waals surface area contributed by atoms with Gasteiger partial charge in [0.25, 0.3) is 0 Å². The Morgan fingerprint density at radius 2 is 2.08 bits per heavy atom. The summed E-state index contributed by atoms with van der Waals surface area (Å²) in [5.74, 6) is 0.426. The number of fused-ring (bicyclic) bond motifs is 1. The van der Waals surface area contributed by atoms with Gasteiger partial charge in [0, 0.05) is 5.92 Å². The van der Waals surface area contributed by atoms with Crippen molar-refractivity contribution >= 4 is 7.12 Å². The predicted octanol–water partition coefficient (Wildman–Crippen LogP) is 0.471. The first-order chi connectivity index (χ1) is 5.77. The van der Waals surface area contributed by atoms with Crippen molar-refractivity contribution in [2.24, 2.45) is 5.92 Å². The van der Waals surface area contributed by atoms with Gasteiger partial charge in [-0.2, -0.15) is 0 Å². The minimum atomic E-state index is -1.42. The fraction of sp³-hybridized carbons (Fsp3) is 0.750. The molecule has 0 bridgehead atoms. The first kappa shape index (κ1) is 8.14. The van der Waals surface area contributed by atoms with Crippen molar-refractivity contribution in [2.75, 3.05) is 0 Å². The molecule has 2 N–H and O–H groups in total. The lowest BCUT2D eigenvalue weighted by atomic mass is 9.84. The number of ether oxygens (including phenoxy) is 1. The second-order valence-corrected chi connectivity index (χ2v) is 3.55. The summed E-state index contributed by atoms with van der Waals surface area (Å²) >= 11 is 0. The maximum atomic E-state index is 8.86. The minimum Gasteiger partial charge on any atom is -0.498 e. The molecule has 2 atom stereocenters. The van der Waals surface area contributed by atoms with Crippen molar-refractivity contribution in [1.82, 2.24) is 0 Å². The van der Waals surface area contributed by atoms with Crippen LogP contribution in [0.3, 0.4) is 0 Å². The summed E-state index contributed by atoms with van der Waals surface area (Å²) in [7, 11) is -1.42. The first-order valence-electron chi connectivity index (χ1n) is 4.52. The molecular weight excluding hydrogens is 155 g/mol. The van der Waals surface area contributed by atoms with Crippen LogP contribution in [0.4, 0.5) is 0 Å². The molecule has 66 valence electrons. The summed E-state index contributed by atoms with van der Waals surface area (Å²) < 4.78 is 5.39. The standard InChI is InChI=1S/C8H13BO3/c10-9(11)8-5-6-3-1-2-4-7(6)12-8/h5-7,10-11H,1-4H2. The lowest BCUT2D eigenvalue weighted by molar-refractivity contribution is 0.0870. The summed E-state index contributed by atoms with van der Waals surface area (Å²) in [6.07, 6.45) is 6.70. The molecule has 12 heavy (non-hydrogen) atoms. The van der Waals surface area contributed by atoms with Crippen molar-refractivity contribution in [3.8, 4) is 0 Å². The topological polar surface area (TPSA) is 49.7 Å². The summed E-state index contributed by atoms with van der Waals surface area (Å²) in [5, 5.41) is 17.7. The van der Waals surface area contributed by atoms with Gasteiger partial charge in [-0.25, -0.2) is 0 Å².